The van der Waals surface area contributed by atoms with E-state index in [-0.39, 0.29) is 12.1 Å². The number of urea groups is 1. The topological polar surface area (TPSA) is 50.2 Å². The monoisotopic (exact) mass is 392 g/mol. The van der Waals surface area contributed by atoms with Gasteiger partial charge in [-0.3, -0.25) is 0 Å². The Morgan fingerprint density at radius 1 is 1.21 bits per heavy atom. The van der Waals surface area contributed by atoms with Gasteiger partial charge in [-0.05, 0) is 61.8 Å². The van der Waals surface area contributed by atoms with Gasteiger partial charge >= 0.3 is 12.2 Å². The highest BCUT2D eigenvalue weighted by atomic mass is 19.4. The van der Waals surface area contributed by atoms with Crippen molar-refractivity contribution in [1.82, 2.24) is 20.0 Å². The van der Waals surface area contributed by atoms with E-state index in [4.69, 9.17) is 0 Å². The second kappa shape index (κ2) is 6.83. The molecule has 8 heteroatoms. The lowest BCUT2D eigenvalue weighted by atomic mass is 9.95. The van der Waals surface area contributed by atoms with Crippen LogP contribution in [0.25, 0.3) is 5.69 Å². The molecular formula is C20H23F3N4O. The first-order chi connectivity index (χ1) is 13.3. The zero-order valence-electron chi connectivity index (χ0n) is 15.9. The van der Waals surface area contributed by atoms with Gasteiger partial charge in [0.2, 0.25) is 0 Å². The van der Waals surface area contributed by atoms with Crippen molar-refractivity contribution in [2.24, 2.45) is 0 Å². The van der Waals surface area contributed by atoms with Crippen molar-refractivity contribution < 1.29 is 18.0 Å². The van der Waals surface area contributed by atoms with Crippen molar-refractivity contribution in [2.45, 2.75) is 50.7 Å². The SMILES string of the molecule is CNC(=O)N(C)[C@@H]1Cc2ccc(-n3nc(C(F)(F)F)c4c3CCCC4)cc2C1. The minimum Gasteiger partial charge on any atom is -0.341 e. The zero-order chi connectivity index (χ0) is 20.1. The van der Waals surface area contributed by atoms with E-state index in [1.807, 2.05) is 18.2 Å². The Morgan fingerprint density at radius 3 is 2.64 bits per heavy atom. The van der Waals surface area contributed by atoms with E-state index >= 15 is 0 Å². The summed E-state index contributed by atoms with van der Waals surface area (Å²) in [5, 5.41) is 6.59. The molecule has 4 rings (SSSR count). The summed E-state index contributed by atoms with van der Waals surface area (Å²) >= 11 is 0. The molecule has 1 aromatic heterocycles. The number of hydrogen-bond acceptors (Lipinski definition) is 2. The van der Waals surface area contributed by atoms with E-state index in [1.54, 1.807) is 19.0 Å². The van der Waals surface area contributed by atoms with Crippen molar-refractivity contribution >= 4 is 6.03 Å². The summed E-state index contributed by atoms with van der Waals surface area (Å²) in [4.78, 5) is 13.6. The molecule has 2 aromatic rings. The Hall–Kier alpha value is -2.51. The molecule has 1 N–H and O–H groups in total. The van der Waals surface area contributed by atoms with Gasteiger partial charge in [-0.1, -0.05) is 6.07 Å². The van der Waals surface area contributed by atoms with Gasteiger partial charge in [0, 0.05) is 31.4 Å². The molecule has 2 aliphatic carbocycles. The van der Waals surface area contributed by atoms with Crippen LogP contribution < -0.4 is 5.32 Å². The first-order valence-corrected chi connectivity index (χ1v) is 9.54. The molecule has 2 amide bonds. The molecule has 0 saturated carbocycles. The number of amides is 2. The number of likely N-dealkylation sites (N-methyl/N-ethyl adjacent to an activating group) is 1. The molecule has 0 bridgehead atoms. The standard InChI is InChI=1S/C20H23F3N4O/c1-24-19(28)26(2)15-9-12-7-8-14(10-13(12)11-15)27-17-6-4-3-5-16(17)18(25-27)20(21,22)23/h7-8,10,15H,3-6,9,11H2,1-2H3,(H,24,28)/t15-/m1/s1. The molecular weight excluding hydrogens is 369 g/mol. The van der Waals surface area contributed by atoms with Crippen molar-refractivity contribution in [3.8, 4) is 5.69 Å². The molecule has 150 valence electrons. The molecule has 0 unspecified atom stereocenters. The second-order valence-electron chi connectivity index (χ2n) is 7.57. The van der Waals surface area contributed by atoms with E-state index in [0.29, 0.717) is 36.2 Å². The van der Waals surface area contributed by atoms with Crippen LogP contribution >= 0.6 is 0 Å². The summed E-state index contributed by atoms with van der Waals surface area (Å²) in [7, 11) is 3.36. The third-order valence-electron chi connectivity index (χ3n) is 5.88. The normalized spacial score (nSPS) is 18.5. The van der Waals surface area contributed by atoms with Gasteiger partial charge in [-0.25, -0.2) is 9.48 Å². The molecule has 1 heterocycles. The summed E-state index contributed by atoms with van der Waals surface area (Å²) < 4.78 is 41.8. The molecule has 1 aromatic carbocycles. The lowest BCUT2D eigenvalue weighted by Gasteiger charge is -2.23. The minimum absolute atomic E-state index is 0.0440. The van der Waals surface area contributed by atoms with Gasteiger partial charge in [0.05, 0.1) is 5.69 Å². The van der Waals surface area contributed by atoms with Crippen LogP contribution in [-0.4, -0.2) is 40.8 Å². The van der Waals surface area contributed by atoms with E-state index in [2.05, 4.69) is 10.4 Å². The number of nitrogens with one attached hydrogen (secondary N) is 1. The summed E-state index contributed by atoms with van der Waals surface area (Å²) in [6, 6.07) is 5.61. The number of rotatable bonds is 2. The van der Waals surface area contributed by atoms with Crippen LogP contribution in [0.1, 0.15) is 40.9 Å². The number of carbonyl (C=O) groups is 1. The maximum Gasteiger partial charge on any atom is 0.435 e. The number of benzene rings is 1. The molecule has 0 fully saturated rings. The number of halogens is 3. The first kappa shape index (κ1) is 18.8. The van der Waals surface area contributed by atoms with E-state index in [9.17, 15) is 18.0 Å². The van der Waals surface area contributed by atoms with Crippen molar-refractivity contribution in [1.29, 1.82) is 0 Å². The third kappa shape index (κ3) is 3.14. The third-order valence-corrected chi connectivity index (χ3v) is 5.88. The van der Waals surface area contributed by atoms with Gasteiger partial charge in [0.15, 0.2) is 5.69 Å². The molecule has 0 saturated heterocycles. The number of fused-ring (bicyclic) bond motifs is 2. The summed E-state index contributed by atoms with van der Waals surface area (Å²) in [5.41, 5.74) is 3.12. The van der Waals surface area contributed by atoms with E-state index in [0.717, 1.165) is 30.4 Å². The maximum atomic E-state index is 13.5. The van der Waals surface area contributed by atoms with Crippen LogP contribution in [0.2, 0.25) is 0 Å². The van der Waals surface area contributed by atoms with Gasteiger partial charge in [-0.15, -0.1) is 0 Å². The predicted molar refractivity (Wildman–Crippen MR) is 98.6 cm³/mol. The highest BCUT2D eigenvalue weighted by Crippen LogP contribution is 2.37. The lowest BCUT2D eigenvalue weighted by molar-refractivity contribution is -0.142. The highest BCUT2D eigenvalue weighted by molar-refractivity contribution is 5.74. The molecule has 0 radical (unpaired) electrons. The number of alkyl halides is 3. The average Bonchev–Trinajstić information content (AvgIpc) is 3.27. The Bertz CT molecular complexity index is 919. The smallest absolute Gasteiger partial charge is 0.341 e. The number of hydrogen-bond donors (Lipinski definition) is 1. The average molecular weight is 392 g/mol. The Morgan fingerprint density at radius 2 is 1.93 bits per heavy atom. The summed E-state index contributed by atoms with van der Waals surface area (Å²) in [5.74, 6) is 0. The van der Waals surface area contributed by atoms with Crippen molar-refractivity contribution in [2.75, 3.05) is 14.1 Å². The van der Waals surface area contributed by atoms with Crippen LogP contribution in [0.5, 0.6) is 0 Å². The number of carbonyl (C=O) groups excluding carboxylic acids is 1. The fourth-order valence-corrected chi connectivity index (χ4v) is 4.37. The van der Waals surface area contributed by atoms with Gasteiger partial charge in [-0.2, -0.15) is 18.3 Å². The molecule has 5 nitrogen and oxygen atoms in total. The van der Waals surface area contributed by atoms with Crippen LogP contribution in [0.3, 0.4) is 0 Å². The van der Waals surface area contributed by atoms with Gasteiger partial charge in [0.25, 0.3) is 0 Å². The molecule has 0 aliphatic heterocycles. The van der Waals surface area contributed by atoms with E-state index in [1.165, 1.54) is 4.68 Å². The van der Waals surface area contributed by atoms with Crippen molar-refractivity contribution in [3.05, 3.63) is 46.3 Å². The van der Waals surface area contributed by atoms with Crippen LogP contribution in [0.4, 0.5) is 18.0 Å². The Kier molecular flexibility index (Phi) is 4.59. The fraction of sp³-hybridized carbons (Fsp3) is 0.500. The quantitative estimate of drug-likeness (QED) is 0.850. The summed E-state index contributed by atoms with van der Waals surface area (Å²) in [6.07, 6.45) is -0.344. The molecule has 2 aliphatic rings. The zero-order valence-corrected chi connectivity index (χ0v) is 15.9. The van der Waals surface area contributed by atoms with Crippen LogP contribution in [0.15, 0.2) is 18.2 Å². The minimum atomic E-state index is -4.44. The van der Waals surface area contributed by atoms with Gasteiger partial charge < -0.3 is 10.2 Å². The largest absolute Gasteiger partial charge is 0.435 e. The highest BCUT2D eigenvalue weighted by Gasteiger charge is 2.40. The number of aromatic nitrogens is 2. The van der Waals surface area contributed by atoms with E-state index < -0.39 is 11.9 Å². The van der Waals surface area contributed by atoms with Crippen LogP contribution in [-0.2, 0) is 31.9 Å². The fourth-order valence-electron chi connectivity index (χ4n) is 4.37. The Labute approximate surface area is 161 Å². The van der Waals surface area contributed by atoms with Crippen molar-refractivity contribution in [3.63, 3.8) is 0 Å². The lowest BCUT2D eigenvalue weighted by Crippen LogP contribution is -2.42. The second-order valence-corrected chi connectivity index (χ2v) is 7.57. The molecule has 1 atom stereocenters. The Balaban J connectivity index is 1.68. The maximum absolute atomic E-state index is 13.5. The predicted octanol–water partition coefficient (Wildman–Crippen LogP) is 3.51. The van der Waals surface area contributed by atoms with Crippen LogP contribution in [0, 0.1) is 0 Å². The van der Waals surface area contributed by atoms with Gasteiger partial charge in [0.1, 0.15) is 0 Å². The summed E-state index contributed by atoms with van der Waals surface area (Å²) in [6.45, 7) is 0. The molecule has 28 heavy (non-hydrogen) atoms. The molecule has 0 spiro atoms. The number of nitrogens with zero attached hydrogens (tertiary/aromatic N) is 3. The first-order valence-electron chi connectivity index (χ1n) is 9.54.